The van der Waals surface area contributed by atoms with Crippen molar-refractivity contribution in [3.8, 4) is 0 Å². The molecule has 12 nitrogen and oxygen atoms in total. The predicted molar refractivity (Wildman–Crippen MR) is 169 cm³/mol. The largest absolute Gasteiger partial charge is 0.397 e. The van der Waals surface area contributed by atoms with Crippen molar-refractivity contribution < 1.29 is 51.5 Å². The molecule has 0 aliphatic heterocycles. The topological polar surface area (TPSA) is 191 Å². The molecule has 0 amide bonds. The van der Waals surface area contributed by atoms with Gasteiger partial charge in [0.25, 0.3) is 0 Å². The van der Waals surface area contributed by atoms with Crippen molar-refractivity contribution in [2.75, 3.05) is 0 Å². The molecule has 0 heterocycles. The monoisotopic (exact) mass is 712 g/mol. The van der Waals surface area contributed by atoms with Crippen LogP contribution in [0.25, 0.3) is 0 Å². The molecule has 5 aliphatic carbocycles. The Hall–Kier alpha value is -0.650. The number of rotatable bonds is 11. The molecule has 0 spiro atoms. The summed E-state index contributed by atoms with van der Waals surface area (Å²) in [5.74, 6) is 1.33. The zero-order valence-corrected chi connectivity index (χ0v) is 30.3. The first-order valence-corrected chi connectivity index (χ1v) is 20.6. The third-order valence-electron chi connectivity index (χ3n) is 14.1. The molecule has 15 heteroatoms. The van der Waals surface area contributed by atoms with Gasteiger partial charge in [-0.05, 0) is 115 Å². The molecule has 0 aromatic rings. The van der Waals surface area contributed by atoms with Crippen molar-refractivity contribution in [2.45, 2.75) is 125 Å². The quantitative estimate of drug-likeness (QED) is 0.172. The highest BCUT2D eigenvalue weighted by Gasteiger charge is 2.67. The minimum atomic E-state index is -5.09. The summed E-state index contributed by atoms with van der Waals surface area (Å²) in [7, 11) is -15.1. The van der Waals surface area contributed by atoms with Crippen molar-refractivity contribution in [3.63, 3.8) is 0 Å². The Morgan fingerprint density at radius 3 is 1.89 bits per heavy atom. The number of hydrogen-bond acceptors (Lipinski definition) is 9. The average molecular weight is 713 g/mol. The van der Waals surface area contributed by atoms with Gasteiger partial charge in [-0.3, -0.25) is 13.7 Å². The minimum Gasteiger partial charge on any atom is -0.264 e. The van der Waals surface area contributed by atoms with Crippen LogP contribution in [0, 0.1) is 57.2 Å². The van der Waals surface area contributed by atoms with Crippen LogP contribution in [0.15, 0.2) is 11.6 Å². The molecule has 266 valence electrons. The van der Waals surface area contributed by atoms with Gasteiger partial charge in [0.05, 0.1) is 6.10 Å². The van der Waals surface area contributed by atoms with Crippen LogP contribution < -0.4 is 0 Å². The van der Waals surface area contributed by atoms with Gasteiger partial charge in [-0.2, -0.15) is 25.3 Å². The third-order valence-corrected chi connectivity index (χ3v) is 15.5. The summed E-state index contributed by atoms with van der Waals surface area (Å²) >= 11 is 0. The molecule has 0 aromatic heterocycles. The molecule has 4 saturated carbocycles. The van der Waals surface area contributed by atoms with Gasteiger partial charge in [-0.25, -0.2) is 12.5 Å². The van der Waals surface area contributed by atoms with Crippen LogP contribution in [-0.2, 0) is 43.7 Å². The van der Waals surface area contributed by atoms with E-state index in [1.165, 1.54) is 12.8 Å². The predicted octanol–water partition coefficient (Wildman–Crippen LogP) is 5.84. The highest BCUT2D eigenvalue weighted by molar-refractivity contribution is 7.81. The zero-order valence-electron chi connectivity index (χ0n) is 27.9. The van der Waals surface area contributed by atoms with E-state index in [4.69, 9.17) is 12.5 Å². The van der Waals surface area contributed by atoms with E-state index in [2.05, 4.69) is 47.6 Å². The Bertz CT molecular complexity index is 1560. The zero-order chi connectivity index (χ0) is 34.5. The Labute approximate surface area is 275 Å². The Kier molecular flexibility index (Phi) is 9.33. The second-order valence-corrected chi connectivity index (χ2v) is 19.4. The smallest absolute Gasteiger partial charge is 0.264 e. The van der Waals surface area contributed by atoms with Crippen LogP contribution in [0.1, 0.15) is 106 Å². The van der Waals surface area contributed by atoms with Crippen LogP contribution >= 0.6 is 0 Å². The molecule has 0 unspecified atom stereocenters. The first kappa shape index (κ1) is 36.6. The lowest BCUT2D eigenvalue weighted by atomic mass is 9.43. The summed E-state index contributed by atoms with van der Waals surface area (Å²) in [5.41, 5.74) is 0.0205. The fourth-order valence-electron chi connectivity index (χ4n) is 11.3. The van der Waals surface area contributed by atoms with E-state index in [0.29, 0.717) is 23.2 Å². The average Bonchev–Trinajstić information content (AvgIpc) is 3.45. The molecule has 0 aromatic carbocycles. The van der Waals surface area contributed by atoms with Crippen LogP contribution in [0.5, 0.6) is 0 Å². The maximum Gasteiger partial charge on any atom is 0.397 e. The van der Waals surface area contributed by atoms with E-state index in [0.717, 1.165) is 37.2 Å². The van der Waals surface area contributed by atoms with Crippen LogP contribution in [0.3, 0.4) is 0 Å². The highest BCUT2D eigenvalue weighted by atomic mass is 32.3. The lowest BCUT2D eigenvalue weighted by molar-refractivity contribution is -0.122. The summed E-state index contributed by atoms with van der Waals surface area (Å²) in [6.45, 7) is 15.8. The van der Waals surface area contributed by atoms with Gasteiger partial charge in [0.2, 0.25) is 0 Å². The van der Waals surface area contributed by atoms with Gasteiger partial charge in [0.15, 0.2) is 0 Å². The molecule has 0 radical (unpaired) electrons. The fraction of sp³-hybridized carbons (Fsp3) is 0.935. The van der Waals surface area contributed by atoms with Gasteiger partial charge in [0, 0.05) is 0 Å². The Morgan fingerprint density at radius 1 is 0.826 bits per heavy atom. The van der Waals surface area contributed by atoms with E-state index in [1.807, 2.05) is 6.92 Å². The molecule has 3 N–H and O–H groups in total. The first-order valence-electron chi connectivity index (χ1n) is 16.5. The second-order valence-electron chi connectivity index (χ2n) is 16.3. The lowest BCUT2D eigenvalue weighted by Gasteiger charge is -2.63. The maximum absolute atomic E-state index is 12.2. The Balaban J connectivity index is 1.51. The van der Waals surface area contributed by atoms with Crippen molar-refractivity contribution in [3.05, 3.63) is 11.6 Å². The third kappa shape index (κ3) is 6.50. The molecule has 4 fully saturated rings. The second kappa shape index (κ2) is 11.7. The summed E-state index contributed by atoms with van der Waals surface area (Å²) in [5, 5.41) is 0. The van der Waals surface area contributed by atoms with E-state index < -0.39 is 60.8 Å². The standard InChI is InChI=1S/C31H52O12S3/c1-18(2)31(16-20(31)4)13-8-19(3)21-9-11-30(7)23-14-25(41-44(32,33)34)24-15-26(42-45(35,36)37)27(43-46(38,39)40)17-28(24,5)22(23)10-12-29(21,30)6/h10,18-21,23-27H,8-9,11-17H2,1-7H3,(H,32,33,34)(H,35,36,37)(H,38,39,40)/t19-,20-,21+,23+,24+,25-,26-,27-,28+,29+,30-,31+/m1/s1. The highest BCUT2D eigenvalue weighted by Crippen LogP contribution is 2.72. The van der Waals surface area contributed by atoms with Crippen molar-refractivity contribution >= 4 is 31.2 Å². The maximum atomic E-state index is 12.2. The minimum absolute atomic E-state index is 0.123. The SMILES string of the molecule is CC(C)[C@]1(CC[C@@H](C)[C@@H]2CC[C@]3(C)[C@H]4C[C@@H](OS(=O)(=O)O)[C@@H]5C[C@@H](OS(=O)(=O)O)[C@H](OS(=O)(=O)O)C[C@@]5(C)C4=CC[C@@]23C)C[C@H]1C. The fourth-order valence-corrected chi connectivity index (χ4v) is 12.8. The van der Waals surface area contributed by atoms with E-state index in [9.17, 15) is 38.9 Å². The van der Waals surface area contributed by atoms with E-state index >= 15 is 0 Å². The molecular weight excluding hydrogens is 661 g/mol. The van der Waals surface area contributed by atoms with Gasteiger partial charge < -0.3 is 0 Å². The summed E-state index contributed by atoms with van der Waals surface area (Å²) in [4.78, 5) is 0. The first-order chi connectivity index (χ1) is 20.9. The lowest BCUT2D eigenvalue weighted by Crippen LogP contribution is -2.60. The number of hydrogen-bond donors (Lipinski definition) is 3. The van der Waals surface area contributed by atoms with Gasteiger partial charge >= 0.3 is 31.2 Å². The van der Waals surface area contributed by atoms with Crippen LogP contribution in [0.2, 0.25) is 0 Å². The summed E-state index contributed by atoms with van der Waals surface area (Å²) in [6, 6.07) is 0. The molecule has 46 heavy (non-hydrogen) atoms. The Morgan fingerprint density at radius 2 is 1.37 bits per heavy atom. The number of fused-ring (bicyclic) bond motifs is 5. The number of allylic oxidation sites excluding steroid dienone is 2. The molecule has 5 rings (SSSR count). The normalized spacial score (nSPS) is 45.0. The van der Waals surface area contributed by atoms with Crippen molar-refractivity contribution in [1.82, 2.24) is 0 Å². The molecular formula is C31H52O12S3. The van der Waals surface area contributed by atoms with Gasteiger partial charge in [-0.1, -0.05) is 60.1 Å². The summed E-state index contributed by atoms with van der Waals surface area (Å²) < 4.78 is 115. The van der Waals surface area contributed by atoms with Gasteiger partial charge in [-0.15, -0.1) is 0 Å². The van der Waals surface area contributed by atoms with Crippen molar-refractivity contribution in [1.29, 1.82) is 0 Å². The molecule has 0 bridgehead atoms. The van der Waals surface area contributed by atoms with E-state index in [-0.39, 0.29) is 36.0 Å². The van der Waals surface area contributed by atoms with Gasteiger partial charge in [0.1, 0.15) is 12.2 Å². The summed E-state index contributed by atoms with van der Waals surface area (Å²) in [6.07, 6.45) is 4.06. The molecule has 5 aliphatic rings. The molecule has 0 saturated heterocycles. The van der Waals surface area contributed by atoms with Crippen molar-refractivity contribution in [2.24, 2.45) is 57.2 Å². The molecule has 12 atom stereocenters. The van der Waals surface area contributed by atoms with Crippen LogP contribution in [0.4, 0.5) is 0 Å². The van der Waals surface area contributed by atoms with Crippen LogP contribution in [-0.4, -0.2) is 57.2 Å². The van der Waals surface area contributed by atoms with E-state index in [1.54, 1.807) is 0 Å².